The number of nitrogens with zero attached hydrogens (tertiary/aromatic N) is 4. The largest absolute Gasteiger partial charge is 0.444 e. The van der Waals surface area contributed by atoms with Gasteiger partial charge in [-0.3, -0.25) is 14.6 Å². The van der Waals surface area contributed by atoms with Crippen molar-refractivity contribution in [2.75, 3.05) is 45.8 Å². The van der Waals surface area contributed by atoms with E-state index in [-0.39, 0.29) is 6.09 Å². The molecule has 1 aromatic carbocycles. The van der Waals surface area contributed by atoms with E-state index < -0.39 is 5.60 Å². The lowest BCUT2D eigenvalue weighted by Crippen LogP contribution is -2.59. The molecule has 3 aliphatic heterocycles. The number of nitrogens with one attached hydrogen (secondary N) is 1. The molecule has 50 heavy (non-hydrogen) atoms. The van der Waals surface area contributed by atoms with Gasteiger partial charge in [0.25, 0.3) is 0 Å². The average molecular weight is 775 g/mol. The van der Waals surface area contributed by atoms with Gasteiger partial charge in [0.1, 0.15) is 5.60 Å². The Hall–Kier alpha value is -2.20. The predicted octanol–water partition coefficient (Wildman–Crippen LogP) is 9.02. The van der Waals surface area contributed by atoms with Crippen molar-refractivity contribution in [2.24, 2.45) is 5.92 Å². The zero-order chi connectivity index (χ0) is 36.4. The standard InChI is InChI=1S/C37H57ClN4O3.C3H4BrN/c1-6-7-8-32-26-41(21-22-42(32)35(43)24-28-13-17-40(18-14-28)36(44)45-37(3,4)5)31-15-19-39(20-16-31)34-23-27(2)9-10-29-25-30(38)11-12-33(29)34;1-3(4)2-5/h11-12,23,25,28,31-32,34H,6-10,13-22,24,26H2,1-5H3;2,5H,1H2. The zero-order valence-corrected chi connectivity index (χ0v) is 33.5. The molecule has 4 aliphatic rings. The third-order valence-corrected chi connectivity index (χ3v) is 11.1. The molecule has 1 N–H and O–H groups in total. The van der Waals surface area contributed by atoms with Crippen LogP contribution in [0.1, 0.15) is 110 Å². The van der Waals surface area contributed by atoms with Crippen LogP contribution in [0, 0.1) is 11.3 Å². The lowest BCUT2D eigenvalue weighted by atomic mass is 9.92. The number of allylic oxidation sites excluding steroid dienone is 2. The van der Waals surface area contributed by atoms with Gasteiger partial charge in [0.2, 0.25) is 5.91 Å². The molecule has 3 saturated heterocycles. The van der Waals surface area contributed by atoms with Crippen molar-refractivity contribution in [3.05, 3.63) is 57.1 Å². The molecule has 1 aromatic rings. The van der Waals surface area contributed by atoms with Crippen LogP contribution in [0.15, 0.2) is 40.9 Å². The number of ether oxygens (including phenoxy) is 1. The first-order valence-electron chi connectivity index (χ1n) is 18.8. The summed E-state index contributed by atoms with van der Waals surface area (Å²) in [6.45, 7) is 19.9. The minimum absolute atomic E-state index is 0.232. The van der Waals surface area contributed by atoms with E-state index in [0.29, 0.717) is 53.9 Å². The van der Waals surface area contributed by atoms with Gasteiger partial charge in [0.15, 0.2) is 0 Å². The van der Waals surface area contributed by atoms with Crippen LogP contribution in [0.3, 0.4) is 0 Å². The van der Waals surface area contributed by atoms with E-state index in [4.69, 9.17) is 21.7 Å². The third kappa shape index (κ3) is 11.9. The topological polar surface area (TPSA) is 80.2 Å². The van der Waals surface area contributed by atoms with Crippen molar-refractivity contribution in [1.29, 1.82) is 5.41 Å². The number of fused-ring (bicyclic) bond motifs is 1. The Kier molecular flexibility index (Phi) is 15.5. The fourth-order valence-electron chi connectivity index (χ4n) is 7.92. The van der Waals surface area contributed by atoms with Crippen molar-refractivity contribution in [3.63, 3.8) is 0 Å². The maximum Gasteiger partial charge on any atom is 0.410 e. The van der Waals surface area contributed by atoms with Crippen LogP contribution in [-0.4, -0.2) is 101 Å². The maximum atomic E-state index is 13.7. The van der Waals surface area contributed by atoms with Crippen LogP contribution in [0.4, 0.5) is 4.79 Å². The van der Waals surface area contributed by atoms with Crippen LogP contribution in [0.2, 0.25) is 5.02 Å². The molecular formula is C40H61BrClN5O3. The van der Waals surface area contributed by atoms with E-state index in [1.807, 2.05) is 25.7 Å². The number of benzene rings is 1. The molecule has 3 heterocycles. The Bertz CT molecular complexity index is 1350. The third-order valence-electron chi connectivity index (χ3n) is 10.7. The number of aryl methyl sites for hydroxylation is 1. The summed E-state index contributed by atoms with van der Waals surface area (Å²) in [4.78, 5) is 35.6. The Balaban J connectivity index is 0.00000105. The highest BCUT2D eigenvalue weighted by atomic mass is 79.9. The highest BCUT2D eigenvalue weighted by Gasteiger charge is 2.37. The second-order valence-electron chi connectivity index (χ2n) is 15.7. The van der Waals surface area contributed by atoms with E-state index >= 15 is 0 Å². The highest BCUT2D eigenvalue weighted by molar-refractivity contribution is 9.12. The highest BCUT2D eigenvalue weighted by Crippen LogP contribution is 2.36. The van der Waals surface area contributed by atoms with Gasteiger partial charge >= 0.3 is 6.09 Å². The summed E-state index contributed by atoms with van der Waals surface area (Å²) in [5.41, 5.74) is 3.82. The minimum atomic E-state index is -0.483. The molecule has 0 aromatic heterocycles. The molecule has 2 unspecified atom stereocenters. The van der Waals surface area contributed by atoms with Crippen molar-refractivity contribution in [1.82, 2.24) is 19.6 Å². The van der Waals surface area contributed by atoms with E-state index in [9.17, 15) is 9.59 Å². The summed E-state index contributed by atoms with van der Waals surface area (Å²) in [6.07, 6.45) is 13.7. The Morgan fingerprint density at radius 2 is 1.72 bits per heavy atom. The lowest BCUT2D eigenvalue weighted by Gasteiger charge is -2.47. The number of rotatable bonds is 8. The number of piperazine rings is 1. The zero-order valence-electron chi connectivity index (χ0n) is 31.2. The van der Waals surface area contributed by atoms with E-state index in [1.165, 1.54) is 29.5 Å². The monoisotopic (exact) mass is 773 g/mol. The van der Waals surface area contributed by atoms with Crippen molar-refractivity contribution < 1.29 is 14.3 Å². The molecular weight excluding hydrogens is 714 g/mol. The first kappa shape index (κ1) is 40.6. The molecule has 8 nitrogen and oxygen atoms in total. The number of halogens is 2. The molecule has 10 heteroatoms. The number of carbonyl (C=O) groups is 2. The van der Waals surface area contributed by atoms with Gasteiger partial charge in [-0.25, -0.2) is 4.79 Å². The van der Waals surface area contributed by atoms with Gasteiger partial charge in [0, 0.05) is 80.0 Å². The SMILES string of the molecule is C=C(Br)C=N.CCCCC1CN(C2CCN(C3C=C(C)CCc4cc(Cl)ccc43)CC2)CCN1C(=O)CC1CCN(C(=O)OC(C)(C)C)CC1. The fraction of sp³-hybridized carbons (Fsp3) is 0.675. The van der Waals surface area contributed by atoms with E-state index in [1.54, 1.807) is 0 Å². The molecule has 0 spiro atoms. The second-order valence-corrected chi connectivity index (χ2v) is 17.1. The van der Waals surface area contributed by atoms with Crippen LogP contribution in [0.25, 0.3) is 0 Å². The molecule has 278 valence electrons. The van der Waals surface area contributed by atoms with Gasteiger partial charge in [-0.05, 0) is 118 Å². The number of likely N-dealkylation sites (tertiary alicyclic amines) is 2. The van der Waals surface area contributed by atoms with Crippen molar-refractivity contribution in [2.45, 2.75) is 123 Å². The summed E-state index contributed by atoms with van der Waals surface area (Å²) in [6, 6.07) is 7.70. The predicted molar refractivity (Wildman–Crippen MR) is 209 cm³/mol. The molecule has 0 radical (unpaired) electrons. The summed E-state index contributed by atoms with van der Waals surface area (Å²) in [5.74, 6) is 0.656. The second kappa shape index (κ2) is 19.0. The normalized spacial score (nSPS) is 22.8. The van der Waals surface area contributed by atoms with E-state index in [2.05, 4.69) is 75.3 Å². The fourth-order valence-corrected chi connectivity index (χ4v) is 8.12. The maximum absolute atomic E-state index is 13.7. The summed E-state index contributed by atoms with van der Waals surface area (Å²) in [5, 5.41) is 7.22. The molecule has 1 aliphatic carbocycles. The first-order chi connectivity index (χ1) is 23.8. The smallest absolute Gasteiger partial charge is 0.410 e. The average Bonchev–Trinajstić information content (AvgIpc) is 3.25. The molecule has 0 saturated carbocycles. The number of hydrogen-bond donors (Lipinski definition) is 1. The van der Waals surface area contributed by atoms with Gasteiger partial charge in [0.05, 0.1) is 6.04 Å². The molecule has 2 amide bonds. The molecule has 3 fully saturated rings. The number of unbranched alkanes of at least 4 members (excludes halogenated alkanes) is 1. The van der Waals surface area contributed by atoms with Crippen LogP contribution in [0.5, 0.6) is 0 Å². The lowest BCUT2D eigenvalue weighted by molar-refractivity contribution is -0.138. The van der Waals surface area contributed by atoms with Crippen LogP contribution >= 0.6 is 27.5 Å². The number of piperidine rings is 2. The van der Waals surface area contributed by atoms with E-state index in [0.717, 1.165) is 88.9 Å². The summed E-state index contributed by atoms with van der Waals surface area (Å²) < 4.78 is 6.17. The minimum Gasteiger partial charge on any atom is -0.444 e. The first-order valence-corrected chi connectivity index (χ1v) is 20.0. The van der Waals surface area contributed by atoms with Gasteiger partial charge in [-0.2, -0.15) is 0 Å². The molecule has 0 bridgehead atoms. The molecule has 2 atom stereocenters. The quantitative estimate of drug-likeness (QED) is 0.211. The van der Waals surface area contributed by atoms with Crippen LogP contribution in [-0.2, 0) is 16.0 Å². The van der Waals surface area contributed by atoms with Crippen LogP contribution < -0.4 is 0 Å². The number of hydrogen-bond acceptors (Lipinski definition) is 6. The Morgan fingerprint density at radius 1 is 1.04 bits per heavy atom. The van der Waals surface area contributed by atoms with Gasteiger partial charge < -0.3 is 19.9 Å². The van der Waals surface area contributed by atoms with Crippen molar-refractivity contribution >= 4 is 45.7 Å². The van der Waals surface area contributed by atoms with Gasteiger partial charge in [-0.15, -0.1) is 0 Å². The number of carbonyl (C=O) groups excluding carboxylic acids is 2. The number of amides is 2. The van der Waals surface area contributed by atoms with Crippen molar-refractivity contribution in [3.8, 4) is 0 Å². The summed E-state index contributed by atoms with van der Waals surface area (Å²) in [7, 11) is 0. The Labute approximate surface area is 315 Å². The van der Waals surface area contributed by atoms with Gasteiger partial charge in [-0.1, -0.05) is 55.7 Å². The Morgan fingerprint density at radius 3 is 2.34 bits per heavy atom. The summed E-state index contributed by atoms with van der Waals surface area (Å²) >= 11 is 9.32. The molecule has 5 rings (SSSR count).